The second-order valence-corrected chi connectivity index (χ2v) is 4.95. The fraction of sp³-hybridized carbons (Fsp3) is 0.917. The predicted octanol–water partition coefficient (Wildman–Crippen LogP) is 0.618. The van der Waals surface area contributed by atoms with Gasteiger partial charge in [0.25, 0.3) is 0 Å². The Balaban J connectivity index is 2.47. The molecule has 1 saturated carbocycles. The van der Waals surface area contributed by atoms with Crippen LogP contribution in [0.1, 0.15) is 32.1 Å². The van der Waals surface area contributed by atoms with Gasteiger partial charge in [-0.1, -0.05) is 19.3 Å². The normalized spacial score (nSPS) is 21.1. The highest BCUT2D eigenvalue weighted by Crippen LogP contribution is 2.35. The number of ether oxygens (including phenoxy) is 1. The largest absolute Gasteiger partial charge is 0.480 e. The van der Waals surface area contributed by atoms with Gasteiger partial charge < -0.3 is 20.3 Å². The van der Waals surface area contributed by atoms with Crippen LogP contribution in [0.3, 0.4) is 0 Å². The molecular formula is C12H23NO4. The molecule has 1 atom stereocenters. The van der Waals surface area contributed by atoms with E-state index in [9.17, 15) is 9.90 Å². The van der Waals surface area contributed by atoms with Crippen molar-refractivity contribution in [3.05, 3.63) is 0 Å². The molecule has 1 rings (SSSR count). The second kappa shape index (κ2) is 6.93. The summed E-state index contributed by atoms with van der Waals surface area (Å²) in [6.45, 7) is 0.819. The van der Waals surface area contributed by atoms with Crippen molar-refractivity contribution >= 4 is 5.97 Å². The molecule has 17 heavy (non-hydrogen) atoms. The summed E-state index contributed by atoms with van der Waals surface area (Å²) in [5.41, 5.74) is -0.139. The van der Waals surface area contributed by atoms with E-state index in [1.807, 2.05) is 0 Å². The molecular weight excluding hydrogens is 222 g/mol. The summed E-state index contributed by atoms with van der Waals surface area (Å²) in [5, 5.41) is 21.5. The molecule has 0 aliphatic heterocycles. The lowest BCUT2D eigenvalue weighted by atomic mass is 9.74. The van der Waals surface area contributed by atoms with Gasteiger partial charge in [0.2, 0.25) is 0 Å². The molecule has 0 saturated heterocycles. The van der Waals surface area contributed by atoms with E-state index >= 15 is 0 Å². The molecule has 1 unspecified atom stereocenters. The Morgan fingerprint density at radius 1 is 1.41 bits per heavy atom. The quantitative estimate of drug-likeness (QED) is 0.613. The molecule has 0 aromatic heterocycles. The summed E-state index contributed by atoms with van der Waals surface area (Å²) in [6, 6.07) is -0.689. The third-order valence-electron chi connectivity index (χ3n) is 3.60. The Kier molecular flexibility index (Phi) is 5.88. The van der Waals surface area contributed by atoms with Crippen LogP contribution in [0.2, 0.25) is 0 Å². The highest BCUT2D eigenvalue weighted by molar-refractivity contribution is 5.73. The standard InChI is InChI=1S/C12H23NO4/c1-17-7-10(11(15)16)13-8-12(9-14)5-3-2-4-6-12/h10,13-14H,2-9H2,1H3,(H,15,16). The SMILES string of the molecule is COCC(NCC1(CO)CCCCC1)C(=O)O. The van der Waals surface area contributed by atoms with Crippen LogP contribution >= 0.6 is 0 Å². The molecule has 3 N–H and O–H groups in total. The summed E-state index contributed by atoms with van der Waals surface area (Å²) in [7, 11) is 1.49. The first-order chi connectivity index (χ1) is 8.13. The molecule has 0 spiro atoms. The van der Waals surface area contributed by atoms with Crippen LogP contribution in [0.5, 0.6) is 0 Å². The second-order valence-electron chi connectivity index (χ2n) is 4.95. The Labute approximate surface area is 102 Å². The zero-order valence-electron chi connectivity index (χ0n) is 10.4. The number of nitrogens with one attached hydrogen (secondary N) is 1. The molecule has 1 aliphatic rings. The lowest BCUT2D eigenvalue weighted by Crippen LogP contribution is -2.47. The average molecular weight is 245 g/mol. The van der Waals surface area contributed by atoms with Crippen molar-refractivity contribution in [3.63, 3.8) is 0 Å². The van der Waals surface area contributed by atoms with Gasteiger partial charge in [0.15, 0.2) is 0 Å². The van der Waals surface area contributed by atoms with Crippen LogP contribution in [-0.4, -0.2) is 49.1 Å². The van der Waals surface area contributed by atoms with Crippen LogP contribution < -0.4 is 5.32 Å². The highest BCUT2D eigenvalue weighted by atomic mass is 16.5. The molecule has 1 fully saturated rings. The van der Waals surface area contributed by atoms with Gasteiger partial charge in [-0.15, -0.1) is 0 Å². The van der Waals surface area contributed by atoms with E-state index in [1.165, 1.54) is 13.5 Å². The minimum Gasteiger partial charge on any atom is -0.480 e. The van der Waals surface area contributed by atoms with Gasteiger partial charge in [-0.25, -0.2) is 0 Å². The molecule has 0 heterocycles. The number of aliphatic carboxylic acids is 1. The number of hydrogen-bond acceptors (Lipinski definition) is 4. The van der Waals surface area contributed by atoms with Crippen LogP contribution in [0.4, 0.5) is 0 Å². The van der Waals surface area contributed by atoms with E-state index in [0.29, 0.717) is 6.54 Å². The zero-order valence-corrected chi connectivity index (χ0v) is 10.4. The maximum absolute atomic E-state index is 10.9. The van der Waals surface area contributed by atoms with Gasteiger partial charge >= 0.3 is 5.97 Å². The maximum atomic E-state index is 10.9. The highest BCUT2D eigenvalue weighted by Gasteiger charge is 2.32. The van der Waals surface area contributed by atoms with E-state index in [-0.39, 0.29) is 18.6 Å². The van der Waals surface area contributed by atoms with Crippen molar-refractivity contribution < 1.29 is 19.7 Å². The molecule has 1 aliphatic carbocycles. The van der Waals surface area contributed by atoms with Gasteiger partial charge in [0.1, 0.15) is 6.04 Å². The smallest absolute Gasteiger partial charge is 0.323 e. The van der Waals surface area contributed by atoms with E-state index in [1.54, 1.807) is 0 Å². The third-order valence-corrected chi connectivity index (χ3v) is 3.60. The van der Waals surface area contributed by atoms with Crippen molar-refractivity contribution in [2.45, 2.75) is 38.1 Å². The maximum Gasteiger partial charge on any atom is 0.323 e. The van der Waals surface area contributed by atoms with Crippen molar-refractivity contribution in [2.24, 2.45) is 5.41 Å². The Bertz CT molecular complexity index is 239. The number of aliphatic hydroxyl groups excluding tert-OH is 1. The number of carboxylic acids is 1. The van der Waals surface area contributed by atoms with Crippen molar-refractivity contribution in [1.82, 2.24) is 5.32 Å². The number of hydrogen-bond donors (Lipinski definition) is 3. The molecule has 100 valence electrons. The minimum atomic E-state index is -0.907. The van der Waals surface area contributed by atoms with Gasteiger partial charge in [-0.05, 0) is 12.8 Å². The van der Waals surface area contributed by atoms with Gasteiger partial charge in [0.05, 0.1) is 6.61 Å². The summed E-state index contributed by atoms with van der Waals surface area (Å²) < 4.78 is 4.87. The van der Waals surface area contributed by atoms with E-state index < -0.39 is 12.0 Å². The molecule has 0 amide bonds. The van der Waals surface area contributed by atoms with Gasteiger partial charge in [-0.2, -0.15) is 0 Å². The molecule has 0 bridgehead atoms. The zero-order chi connectivity index (χ0) is 12.7. The molecule has 5 heteroatoms. The minimum absolute atomic E-state index is 0.124. The van der Waals surface area contributed by atoms with E-state index in [0.717, 1.165) is 25.7 Å². The first-order valence-corrected chi connectivity index (χ1v) is 6.19. The lowest BCUT2D eigenvalue weighted by Gasteiger charge is -2.36. The number of methoxy groups -OCH3 is 1. The average Bonchev–Trinajstić information content (AvgIpc) is 2.35. The summed E-state index contributed by atoms with van der Waals surface area (Å²) in [5.74, 6) is -0.907. The first-order valence-electron chi connectivity index (χ1n) is 6.19. The van der Waals surface area contributed by atoms with Crippen molar-refractivity contribution in [3.8, 4) is 0 Å². The lowest BCUT2D eigenvalue weighted by molar-refractivity contribution is -0.141. The summed E-state index contributed by atoms with van der Waals surface area (Å²) in [6.07, 6.45) is 5.38. The van der Waals surface area contributed by atoms with Crippen LogP contribution in [0.15, 0.2) is 0 Å². The fourth-order valence-corrected chi connectivity index (χ4v) is 2.42. The van der Waals surface area contributed by atoms with E-state index in [2.05, 4.69) is 5.32 Å². The van der Waals surface area contributed by atoms with Crippen LogP contribution in [0.25, 0.3) is 0 Å². The van der Waals surface area contributed by atoms with Crippen molar-refractivity contribution in [2.75, 3.05) is 26.9 Å². The third kappa shape index (κ3) is 4.26. The number of carbonyl (C=O) groups is 1. The van der Waals surface area contributed by atoms with Crippen molar-refractivity contribution in [1.29, 1.82) is 0 Å². The molecule has 5 nitrogen and oxygen atoms in total. The first kappa shape index (κ1) is 14.4. The number of rotatable bonds is 7. The van der Waals surface area contributed by atoms with Crippen LogP contribution in [-0.2, 0) is 9.53 Å². The van der Waals surface area contributed by atoms with Crippen LogP contribution in [0, 0.1) is 5.41 Å². The molecule has 0 radical (unpaired) electrons. The molecule has 0 aromatic rings. The number of carboxylic acid groups (broad SMARTS) is 1. The number of aliphatic hydroxyl groups is 1. The molecule has 0 aromatic carbocycles. The summed E-state index contributed by atoms with van der Waals surface area (Å²) in [4.78, 5) is 10.9. The Morgan fingerprint density at radius 2 is 2.06 bits per heavy atom. The Morgan fingerprint density at radius 3 is 2.53 bits per heavy atom. The van der Waals surface area contributed by atoms with E-state index in [4.69, 9.17) is 9.84 Å². The van der Waals surface area contributed by atoms with Gasteiger partial charge in [-0.3, -0.25) is 4.79 Å². The van der Waals surface area contributed by atoms with Gasteiger partial charge in [0, 0.05) is 25.7 Å². The Hall–Kier alpha value is -0.650. The summed E-state index contributed by atoms with van der Waals surface area (Å²) >= 11 is 0. The predicted molar refractivity (Wildman–Crippen MR) is 63.9 cm³/mol. The monoisotopic (exact) mass is 245 g/mol. The topological polar surface area (TPSA) is 78.8 Å². The fourth-order valence-electron chi connectivity index (χ4n) is 2.42.